The maximum atomic E-state index is 13.7. The van der Waals surface area contributed by atoms with Crippen molar-refractivity contribution in [3.8, 4) is 0 Å². The minimum absolute atomic E-state index is 0.0269. The van der Waals surface area contributed by atoms with Crippen LogP contribution >= 0.6 is 0 Å². The van der Waals surface area contributed by atoms with E-state index in [9.17, 15) is 14.4 Å². The number of Topliss-reactive ketones (excluding diaryl/α,β-unsaturated/α-hetero) is 1. The molecular formula is C21H29N3O4. The van der Waals surface area contributed by atoms with Gasteiger partial charge in [-0.1, -0.05) is 39.0 Å². The lowest BCUT2D eigenvalue weighted by Crippen LogP contribution is -2.45. The molecular weight excluding hydrogens is 358 g/mol. The normalized spacial score (nSPS) is 25.6. The van der Waals surface area contributed by atoms with E-state index in [0.717, 1.165) is 0 Å². The molecule has 0 saturated carbocycles. The van der Waals surface area contributed by atoms with E-state index < -0.39 is 17.9 Å². The van der Waals surface area contributed by atoms with Gasteiger partial charge in [0, 0.05) is 12.1 Å². The number of fused-ring (bicyclic) bond motifs is 1. The molecule has 1 aromatic rings. The van der Waals surface area contributed by atoms with Crippen LogP contribution in [0.5, 0.6) is 0 Å². The van der Waals surface area contributed by atoms with E-state index in [-0.39, 0.29) is 35.9 Å². The summed E-state index contributed by atoms with van der Waals surface area (Å²) in [7, 11) is 1.80. The summed E-state index contributed by atoms with van der Waals surface area (Å²) in [5.74, 6) is -1.35. The Bertz CT molecular complexity index is 786. The number of ketones is 1. The molecule has 28 heavy (non-hydrogen) atoms. The third-order valence-electron chi connectivity index (χ3n) is 5.55. The number of amides is 2. The molecule has 7 nitrogen and oxygen atoms in total. The van der Waals surface area contributed by atoms with Gasteiger partial charge in [0.2, 0.25) is 11.8 Å². The maximum Gasteiger partial charge on any atom is 0.249 e. The molecule has 0 aromatic heterocycles. The van der Waals surface area contributed by atoms with Crippen molar-refractivity contribution < 1.29 is 19.1 Å². The number of rotatable bonds is 5. The molecule has 0 radical (unpaired) electrons. The van der Waals surface area contributed by atoms with Gasteiger partial charge in [-0.15, -0.1) is 0 Å². The van der Waals surface area contributed by atoms with E-state index in [1.165, 1.54) is 0 Å². The lowest BCUT2D eigenvalue weighted by molar-refractivity contribution is -0.138. The van der Waals surface area contributed by atoms with Gasteiger partial charge in [0.05, 0.1) is 12.0 Å². The molecule has 3 rings (SSSR count). The lowest BCUT2D eigenvalue weighted by Gasteiger charge is -2.31. The van der Waals surface area contributed by atoms with Gasteiger partial charge in [-0.25, -0.2) is 0 Å². The second-order valence-corrected chi connectivity index (χ2v) is 8.84. The van der Waals surface area contributed by atoms with Gasteiger partial charge in [0.1, 0.15) is 18.8 Å². The van der Waals surface area contributed by atoms with Gasteiger partial charge in [0.15, 0.2) is 5.78 Å². The highest BCUT2D eigenvalue weighted by atomic mass is 16.5. The number of carbonyl (C=O) groups is 3. The van der Waals surface area contributed by atoms with E-state index in [2.05, 4.69) is 5.32 Å². The van der Waals surface area contributed by atoms with Crippen LogP contribution in [-0.4, -0.2) is 60.9 Å². The van der Waals surface area contributed by atoms with Gasteiger partial charge in [0.25, 0.3) is 0 Å². The zero-order chi connectivity index (χ0) is 20.6. The number of primary amides is 1. The first-order valence-corrected chi connectivity index (χ1v) is 9.65. The van der Waals surface area contributed by atoms with Crippen LogP contribution in [0.4, 0.5) is 0 Å². The molecule has 0 bridgehead atoms. The molecule has 0 unspecified atom stereocenters. The number of benzene rings is 1. The lowest BCUT2D eigenvalue weighted by atomic mass is 9.79. The average Bonchev–Trinajstić information content (AvgIpc) is 3.19. The zero-order valence-corrected chi connectivity index (χ0v) is 16.9. The summed E-state index contributed by atoms with van der Waals surface area (Å²) < 4.78 is 5.64. The predicted molar refractivity (Wildman–Crippen MR) is 105 cm³/mol. The molecule has 7 heteroatoms. The SMILES string of the molecule is CN[C@H]1CN(C(=O)[C@@H](CC(C)(C)C)c2ccccc2C(N)=O)[C@@H]2C(=O)CO[C@H]12. The summed E-state index contributed by atoms with van der Waals surface area (Å²) in [5.41, 5.74) is 6.37. The van der Waals surface area contributed by atoms with Crippen molar-refractivity contribution >= 4 is 17.6 Å². The Labute approximate surface area is 165 Å². The molecule has 2 aliphatic heterocycles. The van der Waals surface area contributed by atoms with Crippen molar-refractivity contribution in [2.75, 3.05) is 20.2 Å². The van der Waals surface area contributed by atoms with Gasteiger partial charge < -0.3 is 20.7 Å². The maximum absolute atomic E-state index is 13.7. The standard InChI is InChI=1S/C21H29N3O4/c1-21(2,3)9-14(12-7-5-6-8-13(12)19(22)26)20(27)24-10-15(23-4)18-17(24)16(25)11-28-18/h5-8,14-15,17-18,23H,9-11H2,1-4H3,(H2,22,26)/t14-,15-,17+,18+/m0/s1. The molecule has 2 aliphatic rings. The number of hydrogen-bond donors (Lipinski definition) is 2. The summed E-state index contributed by atoms with van der Waals surface area (Å²) in [6.45, 7) is 6.57. The third-order valence-corrected chi connectivity index (χ3v) is 5.55. The minimum Gasteiger partial charge on any atom is -0.366 e. The number of nitrogens with one attached hydrogen (secondary N) is 1. The Balaban J connectivity index is 2.01. The quantitative estimate of drug-likeness (QED) is 0.787. The fraction of sp³-hybridized carbons (Fsp3) is 0.571. The Hall–Kier alpha value is -2.25. The molecule has 2 amide bonds. The molecule has 4 atom stereocenters. The number of carbonyl (C=O) groups excluding carboxylic acids is 3. The van der Waals surface area contributed by atoms with E-state index >= 15 is 0 Å². The largest absolute Gasteiger partial charge is 0.366 e. The topological polar surface area (TPSA) is 102 Å². The highest BCUT2D eigenvalue weighted by Gasteiger charge is 2.53. The Kier molecular flexibility index (Phi) is 5.59. The van der Waals surface area contributed by atoms with E-state index in [1.807, 2.05) is 20.8 Å². The number of likely N-dealkylation sites (tertiary alicyclic amines) is 1. The Morgan fingerprint density at radius 1 is 1.32 bits per heavy atom. The van der Waals surface area contributed by atoms with Crippen LogP contribution in [0, 0.1) is 5.41 Å². The van der Waals surface area contributed by atoms with Crippen molar-refractivity contribution in [2.24, 2.45) is 11.1 Å². The van der Waals surface area contributed by atoms with E-state index in [1.54, 1.807) is 36.2 Å². The van der Waals surface area contributed by atoms with Crippen LogP contribution < -0.4 is 11.1 Å². The second kappa shape index (κ2) is 7.64. The first-order valence-electron chi connectivity index (χ1n) is 9.65. The first kappa shape index (κ1) is 20.5. The number of likely N-dealkylation sites (N-methyl/N-ethyl adjacent to an activating group) is 1. The molecule has 152 valence electrons. The molecule has 0 spiro atoms. The summed E-state index contributed by atoms with van der Waals surface area (Å²) in [5, 5.41) is 3.15. The number of hydrogen-bond acceptors (Lipinski definition) is 5. The molecule has 2 saturated heterocycles. The van der Waals surface area contributed by atoms with Crippen LogP contribution in [0.3, 0.4) is 0 Å². The van der Waals surface area contributed by atoms with Crippen LogP contribution in [0.25, 0.3) is 0 Å². The number of ether oxygens (including phenoxy) is 1. The van der Waals surface area contributed by atoms with Crippen molar-refractivity contribution in [1.82, 2.24) is 10.2 Å². The van der Waals surface area contributed by atoms with Crippen molar-refractivity contribution in [3.63, 3.8) is 0 Å². The second-order valence-electron chi connectivity index (χ2n) is 8.84. The first-order chi connectivity index (χ1) is 13.1. The summed E-state index contributed by atoms with van der Waals surface area (Å²) in [6.07, 6.45) is 0.201. The van der Waals surface area contributed by atoms with E-state index in [4.69, 9.17) is 10.5 Å². The minimum atomic E-state index is -0.576. The Morgan fingerprint density at radius 2 is 2.00 bits per heavy atom. The summed E-state index contributed by atoms with van der Waals surface area (Å²) in [6, 6.07) is 6.30. The summed E-state index contributed by atoms with van der Waals surface area (Å²) >= 11 is 0. The fourth-order valence-electron chi connectivity index (χ4n) is 4.31. The van der Waals surface area contributed by atoms with Crippen molar-refractivity contribution in [1.29, 1.82) is 0 Å². The molecule has 1 aromatic carbocycles. The predicted octanol–water partition coefficient (Wildman–Crippen LogP) is 1.07. The molecule has 2 fully saturated rings. The molecule has 0 aliphatic carbocycles. The van der Waals surface area contributed by atoms with Gasteiger partial charge in [-0.3, -0.25) is 14.4 Å². The van der Waals surface area contributed by atoms with Crippen molar-refractivity contribution in [2.45, 2.75) is 51.3 Å². The molecule has 2 heterocycles. The third kappa shape index (κ3) is 3.82. The van der Waals surface area contributed by atoms with Gasteiger partial charge in [-0.2, -0.15) is 0 Å². The zero-order valence-electron chi connectivity index (χ0n) is 16.9. The summed E-state index contributed by atoms with van der Waals surface area (Å²) in [4.78, 5) is 39.7. The van der Waals surface area contributed by atoms with E-state index in [0.29, 0.717) is 24.1 Å². The van der Waals surface area contributed by atoms with Gasteiger partial charge in [-0.05, 0) is 30.5 Å². The molecule has 3 N–H and O–H groups in total. The van der Waals surface area contributed by atoms with Crippen LogP contribution in [0.15, 0.2) is 24.3 Å². The fourth-order valence-corrected chi connectivity index (χ4v) is 4.31. The highest BCUT2D eigenvalue weighted by Crippen LogP contribution is 2.37. The van der Waals surface area contributed by atoms with Gasteiger partial charge >= 0.3 is 0 Å². The monoisotopic (exact) mass is 387 g/mol. The van der Waals surface area contributed by atoms with Crippen LogP contribution in [0.2, 0.25) is 0 Å². The Morgan fingerprint density at radius 3 is 2.61 bits per heavy atom. The van der Waals surface area contributed by atoms with Crippen molar-refractivity contribution in [3.05, 3.63) is 35.4 Å². The van der Waals surface area contributed by atoms with Crippen LogP contribution in [0.1, 0.15) is 49.0 Å². The van der Waals surface area contributed by atoms with Crippen LogP contribution in [-0.2, 0) is 14.3 Å². The number of nitrogens with zero attached hydrogens (tertiary/aromatic N) is 1. The highest BCUT2D eigenvalue weighted by molar-refractivity contribution is 5.98. The average molecular weight is 387 g/mol. The number of nitrogens with two attached hydrogens (primary N) is 1. The smallest absolute Gasteiger partial charge is 0.249 e.